The lowest BCUT2D eigenvalue weighted by atomic mass is 9.55. The van der Waals surface area contributed by atoms with Crippen LogP contribution in [0.3, 0.4) is 0 Å². The molecule has 0 spiro atoms. The molecule has 9 aromatic rings. The molecule has 4 nitrogen and oxygen atoms in total. The molecule has 0 aliphatic heterocycles. The molecule has 0 saturated carbocycles. The number of nitrogens with zero attached hydrogens (tertiary/aromatic N) is 4. The van der Waals surface area contributed by atoms with E-state index in [0.717, 1.165) is 22.4 Å². The van der Waals surface area contributed by atoms with Gasteiger partial charge in [0.15, 0.2) is 17.5 Å². The fraction of sp³-hybridized carbons (Fsp3) is 0.122. The lowest BCUT2D eigenvalue weighted by molar-refractivity contribution is 0.301. The number of benzene rings is 7. The molecule has 0 atom stereocenters. The van der Waals surface area contributed by atoms with Gasteiger partial charge in [-0.3, -0.25) is 0 Å². The van der Waals surface area contributed by atoms with Gasteiger partial charge in [-0.05, 0) is 74.8 Å². The third kappa shape index (κ3) is 4.65. The Bertz CT molecular complexity index is 2810. The van der Waals surface area contributed by atoms with Gasteiger partial charge < -0.3 is 4.57 Å². The number of rotatable bonds is 4. The maximum Gasteiger partial charge on any atom is 0.164 e. The summed E-state index contributed by atoms with van der Waals surface area (Å²) in [6, 6.07) is 56.1. The fourth-order valence-corrected chi connectivity index (χ4v) is 8.63. The smallest absolute Gasteiger partial charge is 0.164 e. The van der Waals surface area contributed by atoms with Gasteiger partial charge in [0.25, 0.3) is 0 Å². The molecular formula is C49H38N4. The first-order valence-corrected chi connectivity index (χ1v) is 18.4. The molecule has 2 aromatic heterocycles. The summed E-state index contributed by atoms with van der Waals surface area (Å²) < 4.78 is 2.45. The van der Waals surface area contributed by atoms with E-state index in [2.05, 4.69) is 129 Å². The maximum atomic E-state index is 4.99. The summed E-state index contributed by atoms with van der Waals surface area (Å²) in [5.74, 6) is 1.96. The van der Waals surface area contributed by atoms with Crippen LogP contribution in [0, 0.1) is 0 Å². The molecule has 10 rings (SSSR count). The van der Waals surface area contributed by atoms with Crippen molar-refractivity contribution in [3.63, 3.8) is 0 Å². The van der Waals surface area contributed by atoms with Crippen LogP contribution in [-0.2, 0) is 10.8 Å². The highest BCUT2D eigenvalue weighted by molar-refractivity contribution is 6.23. The topological polar surface area (TPSA) is 43.6 Å². The van der Waals surface area contributed by atoms with Crippen LogP contribution in [0.1, 0.15) is 38.8 Å². The molecule has 0 N–H and O–H groups in total. The van der Waals surface area contributed by atoms with Crippen molar-refractivity contribution in [1.29, 1.82) is 0 Å². The Balaban J connectivity index is 1.21. The molecule has 1 aliphatic rings. The highest BCUT2D eigenvalue weighted by atomic mass is 15.0. The average Bonchev–Trinajstić information content (AvgIpc) is 3.55. The molecule has 0 saturated heterocycles. The highest BCUT2D eigenvalue weighted by Gasteiger charge is 2.47. The SMILES string of the molecule is CC1(C)c2ccccc2-c2ccc3c(c2C1(C)C)c1c2ccccc2ccc1n3-c1ccc(-c2nc(-c3ccccc3)nc(-c3ccccc3)n2)cc1. The van der Waals surface area contributed by atoms with E-state index in [0.29, 0.717) is 17.5 Å². The molecule has 0 amide bonds. The molecule has 53 heavy (non-hydrogen) atoms. The second-order valence-electron chi connectivity index (χ2n) is 15.3. The van der Waals surface area contributed by atoms with Crippen molar-refractivity contribution in [2.75, 3.05) is 0 Å². The monoisotopic (exact) mass is 682 g/mol. The fourth-order valence-electron chi connectivity index (χ4n) is 8.63. The Morgan fingerprint density at radius 2 is 0.943 bits per heavy atom. The Morgan fingerprint density at radius 3 is 1.60 bits per heavy atom. The van der Waals surface area contributed by atoms with Crippen molar-refractivity contribution in [3.8, 4) is 51.0 Å². The number of hydrogen-bond acceptors (Lipinski definition) is 3. The standard InChI is InChI=1S/C49H38N4/c1-48(2)39-22-14-13-21-37(39)38-28-30-41-43(44(38)49(48,3)4)42-36-20-12-11-15-31(36)25-29-40(42)53(41)35-26-23-34(24-27-35)47-51-45(32-16-7-5-8-17-32)50-46(52-47)33-18-9-6-10-19-33/h5-30H,1-4H3. The third-order valence-electron chi connectivity index (χ3n) is 12.0. The summed E-state index contributed by atoms with van der Waals surface area (Å²) in [6.45, 7) is 9.70. The van der Waals surface area contributed by atoms with E-state index in [9.17, 15) is 0 Å². The van der Waals surface area contributed by atoms with Gasteiger partial charge in [0.05, 0.1) is 11.0 Å². The summed E-state index contributed by atoms with van der Waals surface area (Å²) in [6.07, 6.45) is 0. The molecule has 0 fully saturated rings. The minimum Gasteiger partial charge on any atom is -0.309 e. The van der Waals surface area contributed by atoms with Gasteiger partial charge in [-0.1, -0.05) is 149 Å². The first-order valence-electron chi connectivity index (χ1n) is 18.4. The predicted octanol–water partition coefficient (Wildman–Crippen LogP) is 12.4. The van der Waals surface area contributed by atoms with Gasteiger partial charge in [-0.25, -0.2) is 15.0 Å². The molecule has 0 radical (unpaired) electrons. The van der Waals surface area contributed by atoms with Gasteiger partial charge >= 0.3 is 0 Å². The molecule has 0 bridgehead atoms. The summed E-state index contributed by atoms with van der Waals surface area (Å²) in [4.78, 5) is 14.9. The van der Waals surface area contributed by atoms with E-state index in [1.54, 1.807) is 0 Å². The van der Waals surface area contributed by atoms with Gasteiger partial charge in [-0.15, -0.1) is 0 Å². The van der Waals surface area contributed by atoms with Crippen LogP contribution in [0.4, 0.5) is 0 Å². The second kappa shape index (κ2) is 11.6. The molecule has 254 valence electrons. The summed E-state index contributed by atoms with van der Waals surface area (Å²) in [5, 5.41) is 5.17. The van der Waals surface area contributed by atoms with E-state index in [1.807, 2.05) is 60.7 Å². The Hall–Kier alpha value is -6.39. The molecule has 7 aromatic carbocycles. The third-order valence-corrected chi connectivity index (χ3v) is 12.0. The molecule has 1 aliphatic carbocycles. The van der Waals surface area contributed by atoms with Crippen LogP contribution in [0.5, 0.6) is 0 Å². The van der Waals surface area contributed by atoms with Crippen LogP contribution in [0.25, 0.3) is 83.6 Å². The number of fused-ring (bicyclic) bond motifs is 9. The van der Waals surface area contributed by atoms with Gasteiger partial charge in [0.1, 0.15) is 0 Å². The van der Waals surface area contributed by atoms with Crippen molar-refractivity contribution >= 4 is 32.6 Å². The maximum absolute atomic E-state index is 4.99. The molecule has 4 heteroatoms. The van der Waals surface area contributed by atoms with Crippen molar-refractivity contribution in [2.24, 2.45) is 0 Å². The Morgan fingerprint density at radius 1 is 0.415 bits per heavy atom. The van der Waals surface area contributed by atoms with Crippen LogP contribution in [-0.4, -0.2) is 19.5 Å². The van der Waals surface area contributed by atoms with Crippen molar-refractivity contribution in [1.82, 2.24) is 19.5 Å². The van der Waals surface area contributed by atoms with E-state index >= 15 is 0 Å². The molecular weight excluding hydrogens is 645 g/mol. The zero-order valence-corrected chi connectivity index (χ0v) is 30.3. The van der Waals surface area contributed by atoms with Gasteiger partial charge in [0.2, 0.25) is 0 Å². The minimum atomic E-state index is -0.151. The van der Waals surface area contributed by atoms with Gasteiger partial charge in [0, 0.05) is 38.6 Å². The largest absolute Gasteiger partial charge is 0.309 e. The van der Waals surface area contributed by atoms with Crippen LogP contribution >= 0.6 is 0 Å². The van der Waals surface area contributed by atoms with E-state index in [1.165, 1.54) is 54.8 Å². The van der Waals surface area contributed by atoms with Gasteiger partial charge in [-0.2, -0.15) is 0 Å². The van der Waals surface area contributed by atoms with Crippen molar-refractivity contribution in [3.05, 3.63) is 169 Å². The number of hydrogen-bond donors (Lipinski definition) is 0. The quantitative estimate of drug-likeness (QED) is 0.186. The first kappa shape index (κ1) is 31.4. The van der Waals surface area contributed by atoms with E-state index in [4.69, 9.17) is 15.0 Å². The average molecular weight is 683 g/mol. The Labute approximate surface area is 309 Å². The zero-order valence-electron chi connectivity index (χ0n) is 30.3. The highest BCUT2D eigenvalue weighted by Crippen LogP contribution is 2.57. The lowest BCUT2D eigenvalue weighted by Crippen LogP contribution is -2.43. The van der Waals surface area contributed by atoms with E-state index < -0.39 is 0 Å². The summed E-state index contributed by atoms with van der Waals surface area (Å²) >= 11 is 0. The van der Waals surface area contributed by atoms with Crippen LogP contribution in [0.2, 0.25) is 0 Å². The van der Waals surface area contributed by atoms with Crippen LogP contribution < -0.4 is 0 Å². The number of aromatic nitrogens is 4. The van der Waals surface area contributed by atoms with Crippen LogP contribution in [0.15, 0.2) is 158 Å². The first-order chi connectivity index (χ1) is 25.8. The summed E-state index contributed by atoms with van der Waals surface area (Å²) in [5.41, 5.74) is 11.6. The molecule has 0 unspecified atom stereocenters. The normalized spacial score (nSPS) is 14.3. The van der Waals surface area contributed by atoms with E-state index in [-0.39, 0.29) is 10.8 Å². The minimum absolute atomic E-state index is 0.0900. The lowest BCUT2D eigenvalue weighted by Gasteiger charge is -2.48. The van der Waals surface area contributed by atoms with Crippen molar-refractivity contribution in [2.45, 2.75) is 38.5 Å². The summed E-state index contributed by atoms with van der Waals surface area (Å²) in [7, 11) is 0. The zero-order chi connectivity index (χ0) is 35.9. The van der Waals surface area contributed by atoms with Crippen molar-refractivity contribution < 1.29 is 0 Å². The Kier molecular flexibility index (Phi) is 6.84. The molecule has 2 heterocycles. The predicted molar refractivity (Wildman–Crippen MR) is 219 cm³/mol. The second-order valence-corrected chi connectivity index (χ2v) is 15.3.